The molecule has 0 amide bonds. The van der Waals surface area contributed by atoms with Crippen LogP contribution in [0.4, 0.5) is 0 Å². The predicted octanol–water partition coefficient (Wildman–Crippen LogP) is 2.93. The number of methoxy groups -OCH3 is 2. The zero-order chi connectivity index (χ0) is 10.7. The fraction of sp³-hybridized carbons (Fsp3) is 0.455. The molecule has 2 rings (SSSR count). The van der Waals surface area contributed by atoms with Crippen molar-refractivity contribution in [2.24, 2.45) is 0 Å². The van der Waals surface area contributed by atoms with Gasteiger partial charge in [0, 0.05) is 24.2 Å². The highest BCUT2D eigenvalue weighted by molar-refractivity contribution is 8.20. The van der Waals surface area contributed by atoms with Gasteiger partial charge in [-0.2, -0.15) is 0 Å². The summed E-state index contributed by atoms with van der Waals surface area (Å²) in [7, 11) is 3.45. The lowest BCUT2D eigenvalue weighted by Crippen LogP contribution is -2.16. The Hall–Kier alpha value is -0.320. The van der Waals surface area contributed by atoms with E-state index in [-0.39, 0.29) is 4.27 Å². The molecule has 1 aromatic carbocycles. The Labute approximate surface area is 98.7 Å². The molecular weight excluding hydrogens is 228 g/mol. The van der Waals surface area contributed by atoms with Crippen LogP contribution >= 0.6 is 23.5 Å². The van der Waals surface area contributed by atoms with Crippen molar-refractivity contribution < 1.29 is 9.47 Å². The third-order valence-corrected chi connectivity index (χ3v) is 5.73. The standard InChI is InChI=1S/C11H14O2S2/c1-12-10-5-3-9(4-6-10)11(13-2)14-7-8-15-11/h3-6H,7-8H2,1-2H3. The molecule has 1 fully saturated rings. The van der Waals surface area contributed by atoms with E-state index >= 15 is 0 Å². The van der Waals surface area contributed by atoms with Crippen LogP contribution < -0.4 is 4.74 Å². The SMILES string of the molecule is COc1ccc(C2(OC)SCCS2)cc1. The Balaban J connectivity index is 2.26. The molecule has 0 bridgehead atoms. The number of hydrogen-bond acceptors (Lipinski definition) is 4. The van der Waals surface area contributed by atoms with Crippen LogP contribution in [-0.2, 0) is 9.00 Å². The lowest BCUT2D eigenvalue weighted by molar-refractivity contribution is 0.148. The van der Waals surface area contributed by atoms with Crippen molar-refractivity contribution in [1.29, 1.82) is 0 Å². The topological polar surface area (TPSA) is 18.5 Å². The van der Waals surface area contributed by atoms with Crippen molar-refractivity contribution in [3.05, 3.63) is 29.8 Å². The van der Waals surface area contributed by atoms with Gasteiger partial charge in [-0.25, -0.2) is 0 Å². The summed E-state index contributed by atoms with van der Waals surface area (Å²) in [5, 5.41) is 0. The molecule has 1 aliphatic heterocycles. The molecule has 0 spiro atoms. The Bertz CT molecular complexity index is 318. The number of benzene rings is 1. The second kappa shape index (κ2) is 4.68. The van der Waals surface area contributed by atoms with Crippen LogP contribution in [0.15, 0.2) is 24.3 Å². The summed E-state index contributed by atoms with van der Waals surface area (Å²) in [5.41, 5.74) is 1.21. The molecule has 0 atom stereocenters. The molecular formula is C11H14O2S2. The molecule has 0 unspecified atom stereocenters. The first-order chi connectivity index (χ1) is 7.30. The Morgan fingerprint density at radius 3 is 2.13 bits per heavy atom. The third kappa shape index (κ3) is 2.12. The van der Waals surface area contributed by atoms with Gasteiger partial charge in [0.05, 0.1) is 7.11 Å². The van der Waals surface area contributed by atoms with E-state index in [9.17, 15) is 0 Å². The van der Waals surface area contributed by atoms with Gasteiger partial charge in [-0.3, -0.25) is 0 Å². The molecule has 0 saturated carbocycles. The van der Waals surface area contributed by atoms with Gasteiger partial charge >= 0.3 is 0 Å². The van der Waals surface area contributed by atoms with Crippen molar-refractivity contribution in [2.45, 2.75) is 4.27 Å². The Morgan fingerprint density at radius 2 is 1.67 bits per heavy atom. The minimum absolute atomic E-state index is 0.202. The molecule has 4 heteroatoms. The summed E-state index contributed by atoms with van der Waals surface area (Å²) < 4.78 is 10.6. The first-order valence-electron chi connectivity index (χ1n) is 4.78. The summed E-state index contributed by atoms with van der Waals surface area (Å²) in [5.74, 6) is 3.17. The molecule has 15 heavy (non-hydrogen) atoms. The van der Waals surface area contributed by atoms with E-state index in [0.29, 0.717) is 0 Å². The maximum Gasteiger partial charge on any atom is 0.186 e. The van der Waals surface area contributed by atoms with Crippen molar-refractivity contribution in [3.8, 4) is 5.75 Å². The maximum atomic E-state index is 5.64. The van der Waals surface area contributed by atoms with Crippen LogP contribution in [0.25, 0.3) is 0 Å². The number of hydrogen-bond donors (Lipinski definition) is 0. The van der Waals surface area contributed by atoms with E-state index in [2.05, 4.69) is 12.1 Å². The minimum Gasteiger partial charge on any atom is -0.497 e. The summed E-state index contributed by atoms with van der Waals surface area (Å²) >= 11 is 3.71. The van der Waals surface area contributed by atoms with Crippen molar-refractivity contribution in [1.82, 2.24) is 0 Å². The van der Waals surface area contributed by atoms with Gasteiger partial charge in [-0.05, 0) is 12.1 Å². The Kier molecular flexibility index (Phi) is 3.49. The second-order valence-electron chi connectivity index (χ2n) is 3.19. The van der Waals surface area contributed by atoms with Crippen LogP contribution in [0.1, 0.15) is 5.56 Å². The molecule has 1 saturated heterocycles. The van der Waals surface area contributed by atoms with E-state index in [4.69, 9.17) is 9.47 Å². The monoisotopic (exact) mass is 242 g/mol. The second-order valence-corrected chi connectivity index (χ2v) is 5.99. The molecule has 0 aromatic heterocycles. The molecule has 1 aliphatic rings. The molecule has 82 valence electrons. The largest absolute Gasteiger partial charge is 0.497 e. The average Bonchev–Trinajstić information content (AvgIpc) is 2.79. The average molecular weight is 242 g/mol. The normalized spacial score (nSPS) is 19.1. The maximum absolute atomic E-state index is 5.64. The van der Waals surface area contributed by atoms with E-state index in [1.807, 2.05) is 35.7 Å². The quantitative estimate of drug-likeness (QED) is 0.811. The van der Waals surface area contributed by atoms with Gasteiger partial charge in [0.1, 0.15) is 5.75 Å². The molecule has 1 aromatic rings. The number of rotatable bonds is 3. The first-order valence-corrected chi connectivity index (χ1v) is 6.75. The summed E-state index contributed by atoms with van der Waals surface area (Å²) in [6, 6.07) is 8.12. The van der Waals surface area contributed by atoms with E-state index < -0.39 is 0 Å². The fourth-order valence-electron chi connectivity index (χ4n) is 1.59. The lowest BCUT2D eigenvalue weighted by Gasteiger charge is -2.25. The summed E-state index contributed by atoms with van der Waals surface area (Å²) in [6.45, 7) is 0. The number of thioether (sulfide) groups is 2. The highest BCUT2D eigenvalue weighted by atomic mass is 32.2. The van der Waals surface area contributed by atoms with Crippen LogP contribution in [0.5, 0.6) is 5.75 Å². The highest BCUT2D eigenvalue weighted by Crippen LogP contribution is 2.52. The van der Waals surface area contributed by atoms with Gasteiger partial charge < -0.3 is 9.47 Å². The van der Waals surface area contributed by atoms with Crippen molar-refractivity contribution >= 4 is 23.5 Å². The van der Waals surface area contributed by atoms with Crippen LogP contribution in [0.2, 0.25) is 0 Å². The van der Waals surface area contributed by atoms with Gasteiger partial charge in [-0.1, -0.05) is 12.1 Å². The third-order valence-electron chi connectivity index (χ3n) is 2.38. The van der Waals surface area contributed by atoms with Gasteiger partial charge in [0.15, 0.2) is 4.27 Å². The molecule has 0 N–H and O–H groups in total. The van der Waals surface area contributed by atoms with Crippen molar-refractivity contribution in [2.75, 3.05) is 25.7 Å². The van der Waals surface area contributed by atoms with Crippen LogP contribution in [0.3, 0.4) is 0 Å². The lowest BCUT2D eigenvalue weighted by atomic mass is 10.2. The molecule has 0 radical (unpaired) electrons. The summed E-state index contributed by atoms with van der Waals surface area (Å²) in [4.78, 5) is 0. The van der Waals surface area contributed by atoms with Gasteiger partial charge in [-0.15, -0.1) is 23.5 Å². The molecule has 1 heterocycles. The van der Waals surface area contributed by atoms with E-state index in [0.717, 1.165) is 17.3 Å². The molecule has 2 nitrogen and oxygen atoms in total. The molecule has 0 aliphatic carbocycles. The zero-order valence-electron chi connectivity index (χ0n) is 8.86. The predicted molar refractivity (Wildman–Crippen MR) is 66.6 cm³/mol. The number of ether oxygens (including phenoxy) is 2. The van der Waals surface area contributed by atoms with Gasteiger partial charge in [0.2, 0.25) is 0 Å². The minimum atomic E-state index is -0.202. The first kappa shape index (κ1) is 11.2. The van der Waals surface area contributed by atoms with Crippen LogP contribution in [-0.4, -0.2) is 25.7 Å². The summed E-state index contributed by atoms with van der Waals surface area (Å²) in [6.07, 6.45) is 0. The zero-order valence-corrected chi connectivity index (χ0v) is 10.5. The van der Waals surface area contributed by atoms with E-state index in [1.54, 1.807) is 14.2 Å². The smallest absolute Gasteiger partial charge is 0.186 e. The van der Waals surface area contributed by atoms with Crippen molar-refractivity contribution in [3.63, 3.8) is 0 Å². The van der Waals surface area contributed by atoms with Gasteiger partial charge in [0.25, 0.3) is 0 Å². The Morgan fingerprint density at radius 1 is 1.07 bits per heavy atom. The highest BCUT2D eigenvalue weighted by Gasteiger charge is 2.37. The van der Waals surface area contributed by atoms with Crippen LogP contribution in [0, 0.1) is 0 Å². The fourth-order valence-corrected chi connectivity index (χ4v) is 4.47. The van der Waals surface area contributed by atoms with E-state index in [1.165, 1.54) is 5.56 Å².